The van der Waals surface area contributed by atoms with Crippen molar-refractivity contribution in [3.63, 3.8) is 0 Å². The van der Waals surface area contributed by atoms with Crippen molar-refractivity contribution in [2.24, 2.45) is 0 Å². The zero-order valence-electron chi connectivity index (χ0n) is 7.63. The van der Waals surface area contributed by atoms with Gasteiger partial charge in [0.2, 0.25) is 0 Å². The van der Waals surface area contributed by atoms with E-state index in [1.54, 1.807) is 0 Å². The van der Waals surface area contributed by atoms with Crippen LogP contribution in [0.3, 0.4) is 0 Å². The number of nitrogens with zero attached hydrogens (tertiary/aromatic N) is 1. The summed E-state index contributed by atoms with van der Waals surface area (Å²) in [5.41, 5.74) is 0. The van der Waals surface area contributed by atoms with Crippen LogP contribution in [0.25, 0.3) is 0 Å². The van der Waals surface area contributed by atoms with Crippen LogP contribution in [-0.2, 0) is 0 Å². The average Bonchev–Trinajstić information content (AvgIpc) is 2.00. The van der Waals surface area contributed by atoms with Crippen LogP contribution in [0.4, 0.5) is 4.79 Å². The Bertz CT molecular complexity index is 130. The zero-order chi connectivity index (χ0) is 8.91. The monoisotopic (exact) mass is 160 g/mol. The van der Waals surface area contributed by atoms with Crippen molar-refractivity contribution < 1.29 is 14.4 Å². The van der Waals surface area contributed by atoms with Crippen molar-refractivity contribution in [1.82, 2.24) is 0 Å². The van der Waals surface area contributed by atoms with E-state index in [0.717, 1.165) is 13.0 Å². The molecule has 0 saturated carbocycles. The van der Waals surface area contributed by atoms with Crippen LogP contribution in [-0.4, -0.2) is 35.3 Å². The number of rotatable bonds is 4. The minimum absolute atomic E-state index is 0.205. The summed E-state index contributed by atoms with van der Waals surface area (Å²) in [5.74, 6) is 0. The summed E-state index contributed by atoms with van der Waals surface area (Å²) in [5, 5.41) is 8.93. The first kappa shape index (κ1) is 10.4. The normalized spacial score (nSPS) is 11.5. The summed E-state index contributed by atoms with van der Waals surface area (Å²) in [6.07, 6.45) is 0.227. The Morgan fingerprint density at radius 3 is 1.82 bits per heavy atom. The Morgan fingerprint density at radius 2 is 1.73 bits per heavy atom. The van der Waals surface area contributed by atoms with Gasteiger partial charge in [-0.1, -0.05) is 6.92 Å². The lowest BCUT2D eigenvalue weighted by molar-refractivity contribution is -0.853. The molecular weight excluding hydrogens is 142 g/mol. The lowest BCUT2D eigenvalue weighted by Gasteiger charge is -2.29. The van der Waals surface area contributed by atoms with Gasteiger partial charge in [0, 0.05) is 0 Å². The highest BCUT2D eigenvalue weighted by Gasteiger charge is 2.31. The number of amides is 1. The summed E-state index contributed by atoms with van der Waals surface area (Å²) in [6, 6.07) is 0. The smallest absolute Gasteiger partial charge is 0.435 e. The van der Waals surface area contributed by atoms with Crippen LogP contribution in [0.5, 0.6) is 0 Å². The number of hydrogen-bond donors (Lipinski definition) is 1. The molecule has 1 amide bonds. The lowest BCUT2D eigenvalue weighted by atomic mass is 10.3. The van der Waals surface area contributed by atoms with Crippen molar-refractivity contribution in [3.05, 3.63) is 0 Å². The lowest BCUT2D eigenvalue weighted by Crippen LogP contribution is -2.52. The highest BCUT2D eigenvalue weighted by Crippen LogP contribution is 2.07. The number of carbonyl (C=O) groups is 1. The summed E-state index contributed by atoms with van der Waals surface area (Å²) in [4.78, 5) is 10.8. The van der Waals surface area contributed by atoms with E-state index in [-0.39, 0.29) is 4.48 Å². The maximum Gasteiger partial charge on any atom is 0.513 e. The van der Waals surface area contributed by atoms with Crippen molar-refractivity contribution in [2.75, 3.05) is 19.6 Å². The first-order valence-corrected chi connectivity index (χ1v) is 4.22. The molecule has 66 valence electrons. The van der Waals surface area contributed by atoms with Gasteiger partial charge < -0.3 is 5.11 Å². The molecule has 0 aromatic heterocycles. The zero-order valence-corrected chi connectivity index (χ0v) is 7.63. The van der Waals surface area contributed by atoms with Crippen molar-refractivity contribution in [3.8, 4) is 0 Å². The molecule has 0 atom stereocenters. The van der Waals surface area contributed by atoms with E-state index in [1.807, 2.05) is 20.8 Å². The van der Waals surface area contributed by atoms with E-state index in [2.05, 4.69) is 0 Å². The molecule has 1 N–H and O–H groups in total. The molecular formula is C8H18NO2+. The largest absolute Gasteiger partial charge is 0.513 e. The fourth-order valence-corrected chi connectivity index (χ4v) is 1.33. The minimum atomic E-state index is -0.697. The molecule has 0 spiro atoms. The molecule has 0 rings (SSSR count). The van der Waals surface area contributed by atoms with Gasteiger partial charge in [-0.05, 0) is 20.3 Å². The topological polar surface area (TPSA) is 37.3 Å². The van der Waals surface area contributed by atoms with Crippen molar-refractivity contribution in [1.29, 1.82) is 0 Å². The van der Waals surface area contributed by atoms with E-state index in [4.69, 9.17) is 5.11 Å². The van der Waals surface area contributed by atoms with Crippen LogP contribution in [0.2, 0.25) is 0 Å². The molecule has 0 radical (unpaired) electrons. The Kier molecular flexibility index (Phi) is 4.11. The predicted octanol–water partition coefficient (Wildman–Crippen LogP) is 1.93. The SMILES string of the molecule is CCC[N+](CC)(CC)C(=O)O. The number of hydrogen-bond acceptors (Lipinski definition) is 1. The Hall–Kier alpha value is -0.570. The molecule has 0 unspecified atom stereocenters. The van der Waals surface area contributed by atoms with Gasteiger partial charge in [0.15, 0.2) is 0 Å². The quantitative estimate of drug-likeness (QED) is 0.638. The van der Waals surface area contributed by atoms with Crippen molar-refractivity contribution >= 4 is 6.09 Å². The van der Waals surface area contributed by atoms with Gasteiger partial charge in [-0.3, -0.25) is 0 Å². The van der Waals surface area contributed by atoms with Gasteiger partial charge >= 0.3 is 6.09 Å². The van der Waals surface area contributed by atoms with Gasteiger partial charge in [-0.25, -0.2) is 4.48 Å². The number of carboxylic acid groups (broad SMARTS) is 1. The standard InChI is InChI=1S/C8H17NO2/c1-4-7-9(5-2,6-3)8(10)11/h4-7H2,1-3H3/p+1. The third-order valence-electron chi connectivity index (χ3n) is 2.27. The van der Waals surface area contributed by atoms with Crippen LogP contribution < -0.4 is 0 Å². The molecule has 11 heavy (non-hydrogen) atoms. The molecule has 0 bridgehead atoms. The van der Waals surface area contributed by atoms with Crippen LogP contribution >= 0.6 is 0 Å². The van der Waals surface area contributed by atoms with E-state index in [0.29, 0.717) is 13.1 Å². The van der Waals surface area contributed by atoms with Crippen LogP contribution in [0, 0.1) is 0 Å². The van der Waals surface area contributed by atoms with Crippen LogP contribution in [0.1, 0.15) is 27.2 Å². The van der Waals surface area contributed by atoms with Crippen molar-refractivity contribution in [2.45, 2.75) is 27.2 Å². The second-order valence-electron chi connectivity index (χ2n) is 2.78. The molecule has 3 nitrogen and oxygen atoms in total. The molecule has 0 aliphatic rings. The van der Waals surface area contributed by atoms with E-state index in [9.17, 15) is 4.79 Å². The molecule has 0 aliphatic heterocycles. The second kappa shape index (κ2) is 4.34. The summed E-state index contributed by atoms with van der Waals surface area (Å²) in [6.45, 7) is 7.96. The minimum Gasteiger partial charge on any atom is -0.435 e. The average molecular weight is 160 g/mol. The molecule has 0 saturated heterocycles. The predicted molar refractivity (Wildman–Crippen MR) is 44.5 cm³/mol. The Morgan fingerprint density at radius 1 is 1.27 bits per heavy atom. The number of quaternary nitrogens is 1. The second-order valence-corrected chi connectivity index (χ2v) is 2.78. The Balaban J connectivity index is 4.32. The van der Waals surface area contributed by atoms with Gasteiger partial charge in [0.1, 0.15) is 0 Å². The van der Waals surface area contributed by atoms with Gasteiger partial charge in [0.25, 0.3) is 0 Å². The van der Waals surface area contributed by atoms with E-state index >= 15 is 0 Å². The van der Waals surface area contributed by atoms with E-state index in [1.165, 1.54) is 0 Å². The van der Waals surface area contributed by atoms with Gasteiger partial charge in [0.05, 0.1) is 19.6 Å². The molecule has 0 aliphatic carbocycles. The third-order valence-corrected chi connectivity index (χ3v) is 2.27. The fourth-order valence-electron chi connectivity index (χ4n) is 1.33. The maximum absolute atomic E-state index is 10.8. The fraction of sp³-hybridized carbons (Fsp3) is 0.875. The molecule has 0 aromatic carbocycles. The maximum atomic E-state index is 10.8. The van der Waals surface area contributed by atoms with Gasteiger partial charge in [-0.2, -0.15) is 4.79 Å². The first-order chi connectivity index (χ1) is 5.13. The van der Waals surface area contributed by atoms with Crippen LogP contribution in [0.15, 0.2) is 0 Å². The summed E-state index contributed by atoms with van der Waals surface area (Å²) < 4.78 is 0.205. The highest BCUT2D eigenvalue weighted by molar-refractivity contribution is 5.56. The molecule has 3 heteroatoms. The summed E-state index contributed by atoms with van der Waals surface area (Å²) in [7, 11) is 0. The first-order valence-electron chi connectivity index (χ1n) is 4.22. The van der Waals surface area contributed by atoms with Gasteiger partial charge in [-0.15, -0.1) is 0 Å². The third kappa shape index (κ3) is 2.19. The summed E-state index contributed by atoms with van der Waals surface area (Å²) >= 11 is 0. The molecule has 0 fully saturated rings. The molecule has 0 aromatic rings. The Labute approximate surface area is 68.2 Å². The highest BCUT2D eigenvalue weighted by atomic mass is 16.4. The molecule has 0 heterocycles. The van der Waals surface area contributed by atoms with E-state index < -0.39 is 6.09 Å².